The van der Waals surface area contributed by atoms with Crippen molar-refractivity contribution in [2.24, 2.45) is 0 Å². The Hall–Kier alpha value is -2.89. The summed E-state index contributed by atoms with van der Waals surface area (Å²) in [6.07, 6.45) is 0. The van der Waals surface area contributed by atoms with Crippen LogP contribution < -0.4 is 15.4 Å². The van der Waals surface area contributed by atoms with Gasteiger partial charge < -0.3 is 15.4 Å². The Morgan fingerprint density at radius 1 is 1.09 bits per heavy atom. The van der Waals surface area contributed by atoms with Crippen molar-refractivity contribution in [3.8, 4) is 5.75 Å². The third-order valence-corrected chi connectivity index (χ3v) is 3.21. The van der Waals surface area contributed by atoms with Crippen molar-refractivity contribution < 1.29 is 18.7 Å². The fraction of sp³-hybridized carbons (Fsp3) is 0.176. The van der Waals surface area contributed by atoms with Crippen LogP contribution in [0.2, 0.25) is 0 Å². The second-order valence-corrected chi connectivity index (χ2v) is 4.89. The number of rotatable bonds is 5. The van der Waals surface area contributed by atoms with Gasteiger partial charge in [0.1, 0.15) is 17.6 Å². The van der Waals surface area contributed by atoms with Crippen LogP contribution >= 0.6 is 0 Å². The van der Waals surface area contributed by atoms with E-state index >= 15 is 0 Å². The Bertz CT molecular complexity index is 701. The van der Waals surface area contributed by atoms with Crippen LogP contribution in [0.5, 0.6) is 5.75 Å². The number of carbonyl (C=O) groups excluding carboxylic acids is 2. The first-order valence-electron chi connectivity index (χ1n) is 7.01. The number of amides is 2. The van der Waals surface area contributed by atoms with Gasteiger partial charge in [-0.2, -0.15) is 0 Å². The van der Waals surface area contributed by atoms with E-state index in [2.05, 4.69) is 10.6 Å². The summed E-state index contributed by atoms with van der Waals surface area (Å²) >= 11 is 0. The predicted octanol–water partition coefficient (Wildman–Crippen LogP) is 2.59. The van der Waals surface area contributed by atoms with Gasteiger partial charge in [0.25, 0.3) is 5.91 Å². The number of para-hydroxylation sites is 2. The molecule has 0 fully saturated rings. The number of anilines is 1. The number of nitrogens with one attached hydrogen (secondary N) is 2. The highest BCUT2D eigenvalue weighted by molar-refractivity contribution is 6.01. The van der Waals surface area contributed by atoms with E-state index in [1.54, 1.807) is 31.2 Å². The summed E-state index contributed by atoms with van der Waals surface area (Å²) in [7, 11) is 1.50. The van der Waals surface area contributed by atoms with Gasteiger partial charge in [-0.1, -0.05) is 12.1 Å². The normalized spacial score (nSPS) is 11.4. The van der Waals surface area contributed by atoms with E-state index in [9.17, 15) is 14.0 Å². The van der Waals surface area contributed by atoms with E-state index in [-0.39, 0.29) is 11.5 Å². The minimum absolute atomic E-state index is 0.281. The summed E-state index contributed by atoms with van der Waals surface area (Å²) in [4.78, 5) is 24.2. The van der Waals surface area contributed by atoms with Gasteiger partial charge >= 0.3 is 0 Å². The average molecular weight is 316 g/mol. The molecule has 23 heavy (non-hydrogen) atoms. The first-order valence-corrected chi connectivity index (χ1v) is 7.01. The van der Waals surface area contributed by atoms with Crippen molar-refractivity contribution in [1.29, 1.82) is 0 Å². The maximum absolute atomic E-state index is 12.8. The van der Waals surface area contributed by atoms with Gasteiger partial charge in [0.05, 0.1) is 12.8 Å². The number of hydrogen-bond acceptors (Lipinski definition) is 3. The van der Waals surface area contributed by atoms with Crippen LogP contribution in [0.4, 0.5) is 10.1 Å². The zero-order valence-electron chi connectivity index (χ0n) is 12.8. The highest BCUT2D eigenvalue weighted by atomic mass is 19.1. The van der Waals surface area contributed by atoms with Crippen molar-refractivity contribution in [3.05, 3.63) is 59.9 Å². The lowest BCUT2D eigenvalue weighted by Crippen LogP contribution is -2.41. The lowest BCUT2D eigenvalue weighted by Gasteiger charge is -2.15. The SMILES string of the molecule is COc1ccccc1NC(=O)C(C)NC(=O)c1ccc(F)cc1. The monoisotopic (exact) mass is 316 g/mol. The van der Waals surface area contributed by atoms with Gasteiger partial charge in [0.15, 0.2) is 0 Å². The maximum atomic E-state index is 12.8. The smallest absolute Gasteiger partial charge is 0.251 e. The average Bonchev–Trinajstić information content (AvgIpc) is 2.55. The number of benzene rings is 2. The van der Waals surface area contributed by atoms with Crippen molar-refractivity contribution in [2.45, 2.75) is 13.0 Å². The Balaban J connectivity index is 1.99. The van der Waals surface area contributed by atoms with Crippen molar-refractivity contribution in [3.63, 3.8) is 0 Å². The molecule has 2 rings (SSSR count). The number of methoxy groups -OCH3 is 1. The van der Waals surface area contributed by atoms with Crippen LogP contribution in [0.1, 0.15) is 17.3 Å². The number of ether oxygens (including phenoxy) is 1. The molecule has 0 radical (unpaired) electrons. The summed E-state index contributed by atoms with van der Waals surface area (Å²) in [6, 6.07) is 11.3. The molecule has 5 nitrogen and oxygen atoms in total. The second kappa shape index (κ2) is 7.40. The largest absolute Gasteiger partial charge is 0.495 e. The van der Waals surface area contributed by atoms with Gasteiger partial charge in [-0.25, -0.2) is 4.39 Å². The minimum Gasteiger partial charge on any atom is -0.495 e. The number of hydrogen-bond donors (Lipinski definition) is 2. The molecule has 6 heteroatoms. The van der Waals surface area contributed by atoms with Crippen LogP contribution in [-0.2, 0) is 4.79 Å². The molecular weight excluding hydrogens is 299 g/mol. The molecular formula is C17H17FN2O3. The van der Waals surface area contributed by atoms with E-state index in [4.69, 9.17) is 4.74 Å². The third-order valence-electron chi connectivity index (χ3n) is 3.21. The molecule has 0 saturated heterocycles. The molecule has 0 aliphatic carbocycles. The molecule has 0 aromatic heterocycles. The van der Waals surface area contributed by atoms with Gasteiger partial charge in [0, 0.05) is 5.56 Å². The van der Waals surface area contributed by atoms with Crippen molar-refractivity contribution in [1.82, 2.24) is 5.32 Å². The van der Waals surface area contributed by atoms with Gasteiger partial charge in [-0.3, -0.25) is 9.59 Å². The van der Waals surface area contributed by atoms with E-state index in [1.165, 1.54) is 31.4 Å². The zero-order chi connectivity index (χ0) is 16.8. The maximum Gasteiger partial charge on any atom is 0.251 e. The molecule has 120 valence electrons. The van der Waals surface area contributed by atoms with Gasteiger partial charge in [0.2, 0.25) is 5.91 Å². The molecule has 0 aliphatic rings. The van der Waals surface area contributed by atoms with Crippen molar-refractivity contribution in [2.75, 3.05) is 12.4 Å². The molecule has 2 N–H and O–H groups in total. The van der Waals surface area contributed by atoms with E-state index in [1.807, 2.05) is 0 Å². The molecule has 0 bridgehead atoms. The van der Waals surface area contributed by atoms with E-state index < -0.39 is 17.8 Å². The summed E-state index contributed by atoms with van der Waals surface area (Å²) in [5.74, 6) is -0.737. The summed E-state index contributed by atoms with van der Waals surface area (Å²) in [5.41, 5.74) is 0.797. The standard InChI is InChI=1S/C17H17FN2O3/c1-11(19-17(22)12-7-9-13(18)10-8-12)16(21)20-14-5-3-4-6-15(14)23-2/h3-11H,1-2H3,(H,19,22)(H,20,21). The Morgan fingerprint density at radius 2 is 1.74 bits per heavy atom. The molecule has 2 amide bonds. The van der Waals surface area contributed by atoms with Crippen LogP contribution in [0.15, 0.2) is 48.5 Å². The highest BCUT2D eigenvalue weighted by Gasteiger charge is 2.17. The molecule has 2 aromatic carbocycles. The molecule has 0 heterocycles. The Morgan fingerprint density at radius 3 is 2.39 bits per heavy atom. The van der Waals surface area contributed by atoms with Crippen LogP contribution in [-0.4, -0.2) is 25.0 Å². The van der Waals surface area contributed by atoms with Crippen molar-refractivity contribution >= 4 is 17.5 Å². The van der Waals surface area contributed by atoms with E-state index in [0.29, 0.717) is 11.4 Å². The van der Waals surface area contributed by atoms with Crippen LogP contribution in [0.3, 0.4) is 0 Å². The first-order chi connectivity index (χ1) is 11.0. The van der Waals surface area contributed by atoms with Gasteiger partial charge in [-0.05, 0) is 43.3 Å². The molecule has 2 aromatic rings. The topological polar surface area (TPSA) is 67.4 Å². The minimum atomic E-state index is -0.766. The number of carbonyl (C=O) groups is 2. The van der Waals surface area contributed by atoms with E-state index in [0.717, 1.165) is 0 Å². The van der Waals surface area contributed by atoms with Gasteiger partial charge in [-0.15, -0.1) is 0 Å². The molecule has 1 atom stereocenters. The quantitative estimate of drug-likeness (QED) is 0.891. The highest BCUT2D eigenvalue weighted by Crippen LogP contribution is 2.23. The fourth-order valence-electron chi connectivity index (χ4n) is 1.94. The lowest BCUT2D eigenvalue weighted by atomic mass is 10.2. The summed E-state index contributed by atoms with van der Waals surface area (Å²) in [5, 5.41) is 5.25. The fourth-order valence-corrected chi connectivity index (χ4v) is 1.94. The third kappa shape index (κ3) is 4.29. The van der Waals surface area contributed by atoms with Crippen LogP contribution in [0.25, 0.3) is 0 Å². The summed E-state index contributed by atoms with van der Waals surface area (Å²) < 4.78 is 18.0. The van der Waals surface area contributed by atoms with Crippen LogP contribution in [0, 0.1) is 5.82 Å². The number of halogens is 1. The molecule has 1 unspecified atom stereocenters. The predicted molar refractivity (Wildman–Crippen MR) is 85.0 cm³/mol. The molecule has 0 spiro atoms. The second-order valence-electron chi connectivity index (χ2n) is 4.89. The lowest BCUT2D eigenvalue weighted by molar-refractivity contribution is -0.117. The molecule has 0 saturated carbocycles. The zero-order valence-corrected chi connectivity index (χ0v) is 12.8. The Kier molecular flexibility index (Phi) is 5.30. The first kappa shape index (κ1) is 16.5. The Labute approximate surface area is 133 Å². The summed E-state index contributed by atoms with van der Waals surface area (Å²) in [6.45, 7) is 1.56. The molecule has 0 aliphatic heterocycles.